The summed E-state index contributed by atoms with van der Waals surface area (Å²) in [5.41, 5.74) is 2.93. The highest BCUT2D eigenvalue weighted by molar-refractivity contribution is 5.31. The number of hydrogen-bond donors (Lipinski definition) is 1. The minimum absolute atomic E-state index is 0.230. The van der Waals surface area contributed by atoms with Gasteiger partial charge in [0.05, 0.1) is 14.2 Å². The molecule has 0 heterocycles. The van der Waals surface area contributed by atoms with Gasteiger partial charge in [-0.15, -0.1) is 0 Å². The summed E-state index contributed by atoms with van der Waals surface area (Å²) in [6, 6.07) is 2.38. The number of benzene rings is 1. The van der Waals surface area contributed by atoms with Gasteiger partial charge in [-0.25, -0.2) is 8.78 Å². The lowest BCUT2D eigenvalue weighted by molar-refractivity contribution is 0.0865. The van der Waals surface area contributed by atoms with E-state index in [1.54, 1.807) is 0 Å². The van der Waals surface area contributed by atoms with Crippen LogP contribution in [-0.4, -0.2) is 14.2 Å². The predicted octanol–water partition coefficient (Wildman–Crippen LogP) is 1.62. The molecular weight excluding hydrogens is 192 g/mol. The van der Waals surface area contributed by atoms with Crippen LogP contribution in [0.25, 0.3) is 0 Å². The molecule has 78 valence electrons. The van der Waals surface area contributed by atoms with Crippen LogP contribution in [0.3, 0.4) is 0 Å². The second-order valence-corrected chi connectivity index (χ2v) is 2.62. The van der Waals surface area contributed by atoms with E-state index in [0.29, 0.717) is 5.56 Å². The molecule has 1 aromatic carbocycles. The number of halogens is 2. The number of nitrogens with one attached hydrogen (secondary N) is 1. The molecule has 0 radical (unpaired) electrons. The molecule has 5 heteroatoms. The van der Waals surface area contributed by atoms with Gasteiger partial charge in [-0.1, -0.05) is 0 Å². The molecular formula is C9H11F2NO2. The maximum Gasteiger partial charge on any atom is 0.190 e. The maximum atomic E-state index is 13.1. The Bertz CT molecular complexity index is 295. The van der Waals surface area contributed by atoms with Gasteiger partial charge >= 0.3 is 0 Å². The lowest BCUT2D eigenvalue weighted by atomic mass is 10.2. The van der Waals surface area contributed by atoms with Crippen LogP contribution in [-0.2, 0) is 11.4 Å². The van der Waals surface area contributed by atoms with Crippen molar-refractivity contribution in [2.45, 2.75) is 6.54 Å². The zero-order valence-corrected chi connectivity index (χ0v) is 7.93. The molecule has 14 heavy (non-hydrogen) atoms. The Morgan fingerprint density at radius 1 is 1.21 bits per heavy atom. The van der Waals surface area contributed by atoms with Crippen LogP contribution in [0, 0.1) is 11.6 Å². The maximum absolute atomic E-state index is 13.1. The molecule has 0 fully saturated rings. The first-order valence-corrected chi connectivity index (χ1v) is 3.96. The Hall–Kier alpha value is -1.20. The van der Waals surface area contributed by atoms with Gasteiger partial charge in [-0.3, -0.25) is 0 Å². The minimum atomic E-state index is -0.722. The minimum Gasteiger partial charge on any atom is -0.491 e. The fraction of sp³-hybridized carbons (Fsp3) is 0.333. The summed E-state index contributed by atoms with van der Waals surface area (Å²) in [7, 11) is 2.64. The van der Waals surface area contributed by atoms with E-state index in [0.717, 1.165) is 0 Å². The highest BCUT2D eigenvalue weighted by Gasteiger charge is 2.10. The van der Waals surface area contributed by atoms with Crippen molar-refractivity contribution in [1.29, 1.82) is 0 Å². The molecule has 0 aromatic heterocycles. The van der Waals surface area contributed by atoms with Crippen LogP contribution in [0.1, 0.15) is 5.56 Å². The molecule has 0 aliphatic rings. The summed E-state index contributed by atoms with van der Waals surface area (Å²) in [4.78, 5) is 4.56. The summed E-state index contributed by atoms with van der Waals surface area (Å²) in [6.07, 6.45) is 0. The van der Waals surface area contributed by atoms with E-state index in [1.165, 1.54) is 26.4 Å². The van der Waals surface area contributed by atoms with E-state index >= 15 is 0 Å². The van der Waals surface area contributed by atoms with E-state index in [4.69, 9.17) is 0 Å². The summed E-state index contributed by atoms with van der Waals surface area (Å²) >= 11 is 0. The zero-order valence-electron chi connectivity index (χ0n) is 7.93. The molecule has 0 atom stereocenters. The molecule has 1 rings (SSSR count). The number of methoxy groups -OCH3 is 1. The normalized spacial score (nSPS) is 10.3. The Morgan fingerprint density at radius 3 is 2.21 bits per heavy atom. The van der Waals surface area contributed by atoms with Gasteiger partial charge in [0.1, 0.15) is 0 Å². The number of hydrogen-bond acceptors (Lipinski definition) is 3. The van der Waals surface area contributed by atoms with Gasteiger partial charge in [0.2, 0.25) is 0 Å². The van der Waals surface area contributed by atoms with Crippen LogP contribution in [0.15, 0.2) is 12.1 Å². The lowest BCUT2D eigenvalue weighted by Crippen LogP contribution is -2.11. The van der Waals surface area contributed by atoms with Gasteiger partial charge < -0.3 is 9.57 Å². The Balaban J connectivity index is 2.90. The van der Waals surface area contributed by atoms with Gasteiger partial charge in [0.15, 0.2) is 17.4 Å². The smallest absolute Gasteiger partial charge is 0.190 e. The SMILES string of the molecule is CONCc1cc(F)c(OC)c(F)c1. The molecule has 1 aromatic rings. The first-order valence-electron chi connectivity index (χ1n) is 3.96. The first-order chi connectivity index (χ1) is 6.69. The quantitative estimate of drug-likeness (QED) is 0.754. The van der Waals surface area contributed by atoms with Crippen molar-refractivity contribution in [3.63, 3.8) is 0 Å². The Labute approximate surface area is 80.6 Å². The molecule has 0 unspecified atom stereocenters. The van der Waals surface area contributed by atoms with Crippen molar-refractivity contribution in [3.8, 4) is 5.75 Å². The molecule has 0 aliphatic carbocycles. The molecule has 0 amide bonds. The van der Waals surface area contributed by atoms with Gasteiger partial charge in [-0.05, 0) is 17.7 Å². The topological polar surface area (TPSA) is 30.5 Å². The van der Waals surface area contributed by atoms with Crippen molar-refractivity contribution in [2.24, 2.45) is 0 Å². The molecule has 0 spiro atoms. The van der Waals surface area contributed by atoms with Crippen molar-refractivity contribution in [1.82, 2.24) is 5.48 Å². The van der Waals surface area contributed by atoms with Crippen LogP contribution < -0.4 is 10.2 Å². The summed E-state index contributed by atoms with van der Waals surface area (Å²) in [5.74, 6) is -1.81. The highest BCUT2D eigenvalue weighted by atomic mass is 19.1. The molecule has 3 nitrogen and oxygen atoms in total. The van der Waals surface area contributed by atoms with E-state index in [2.05, 4.69) is 15.1 Å². The number of hydroxylamine groups is 1. The summed E-state index contributed by atoms with van der Waals surface area (Å²) in [5, 5.41) is 0. The number of ether oxygens (including phenoxy) is 1. The molecule has 0 bridgehead atoms. The first kappa shape index (κ1) is 10.9. The fourth-order valence-electron chi connectivity index (χ4n) is 1.06. The molecule has 1 N–H and O–H groups in total. The molecule has 0 aliphatic heterocycles. The third kappa shape index (κ3) is 2.40. The van der Waals surface area contributed by atoms with E-state index < -0.39 is 11.6 Å². The number of rotatable bonds is 4. The van der Waals surface area contributed by atoms with Crippen molar-refractivity contribution in [2.75, 3.05) is 14.2 Å². The zero-order chi connectivity index (χ0) is 10.6. The van der Waals surface area contributed by atoms with Crippen molar-refractivity contribution in [3.05, 3.63) is 29.3 Å². The van der Waals surface area contributed by atoms with Crippen LogP contribution in [0.2, 0.25) is 0 Å². The molecule has 0 saturated heterocycles. The van der Waals surface area contributed by atoms with Crippen LogP contribution in [0.4, 0.5) is 8.78 Å². The van der Waals surface area contributed by atoms with Gasteiger partial charge in [-0.2, -0.15) is 5.48 Å². The van der Waals surface area contributed by atoms with E-state index in [-0.39, 0.29) is 12.3 Å². The van der Waals surface area contributed by atoms with Gasteiger partial charge in [0, 0.05) is 6.54 Å². The fourth-order valence-corrected chi connectivity index (χ4v) is 1.06. The largest absolute Gasteiger partial charge is 0.491 e. The second-order valence-electron chi connectivity index (χ2n) is 2.62. The van der Waals surface area contributed by atoms with E-state index in [9.17, 15) is 8.78 Å². The van der Waals surface area contributed by atoms with E-state index in [1.807, 2.05) is 0 Å². The average Bonchev–Trinajstić information content (AvgIpc) is 2.14. The Morgan fingerprint density at radius 2 is 1.79 bits per heavy atom. The predicted molar refractivity (Wildman–Crippen MR) is 46.8 cm³/mol. The summed E-state index contributed by atoms with van der Waals surface area (Å²) < 4.78 is 30.7. The Kier molecular flexibility index (Phi) is 3.79. The van der Waals surface area contributed by atoms with Crippen LogP contribution in [0.5, 0.6) is 5.75 Å². The third-order valence-electron chi connectivity index (χ3n) is 1.68. The average molecular weight is 203 g/mol. The monoisotopic (exact) mass is 203 g/mol. The van der Waals surface area contributed by atoms with Crippen molar-refractivity contribution >= 4 is 0 Å². The lowest BCUT2D eigenvalue weighted by Gasteiger charge is -2.06. The third-order valence-corrected chi connectivity index (χ3v) is 1.68. The highest BCUT2D eigenvalue weighted by Crippen LogP contribution is 2.22. The van der Waals surface area contributed by atoms with Crippen LogP contribution >= 0.6 is 0 Å². The second kappa shape index (κ2) is 4.88. The van der Waals surface area contributed by atoms with Crippen molar-refractivity contribution < 1.29 is 18.4 Å². The standard InChI is InChI=1S/C9H11F2NO2/c1-13-9-7(10)3-6(4-8(9)11)5-12-14-2/h3-4,12H,5H2,1-2H3. The summed E-state index contributed by atoms with van der Waals surface area (Å²) in [6.45, 7) is 0.230. The van der Waals surface area contributed by atoms with Gasteiger partial charge in [0.25, 0.3) is 0 Å². The molecule has 0 saturated carbocycles.